The minimum absolute atomic E-state index is 0. The van der Waals surface area contributed by atoms with Gasteiger partial charge in [-0.05, 0) is 36.4 Å². The van der Waals surface area contributed by atoms with Crippen LogP contribution in [0.5, 0.6) is 5.75 Å². The van der Waals surface area contributed by atoms with Crippen LogP contribution in [0.3, 0.4) is 0 Å². The Labute approximate surface area is 142 Å². The van der Waals surface area contributed by atoms with Gasteiger partial charge in [0.15, 0.2) is 6.29 Å². The average Bonchev–Trinajstić information content (AvgIpc) is 2.49. The second kappa shape index (κ2) is 9.71. The number of aliphatic hydroxyl groups excluding tert-OH is 1. The predicted octanol–water partition coefficient (Wildman–Crippen LogP) is 3.27. The molecule has 0 heterocycles. The molecule has 0 fully saturated rings. The van der Waals surface area contributed by atoms with E-state index in [2.05, 4.69) is 10.6 Å². The summed E-state index contributed by atoms with van der Waals surface area (Å²) in [7, 11) is 0. The number of carbonyl (C=O) groups is 1. The van der Waals surface area contributed by atoms with E-state index in [0.29, 0.717) is 18.7 Å². The van der Waals surface area contributed by atoms with Crippen molar-refractivity contribution in [1.29, 1.82) is 0 Å². The van der Waals surface area contributed by atoms with Crippen LogP contribution in [0.2, 0.25) is 0 Å². The molecule has 3 N–H and O–H groups in total. The van der Waals surface area contributed by atoms with Crippen molar-refractivity contribution in [2.24, 2.45) is 0 Å². The Hall–Kier alpha value is -2.24. The number of carbonyl (C=O) groups excluding carboxylic acids is 1. The van der Waals surface area contributed by atoms with Crippen LogP contribution in [0, 0.1) is 0 Å². The molecule has 1 atom stereocenters. The summed E-state index contributed by atoms with van der Waals surface area (Å²) in [4.78, 5) is 10.9. The van der Waals surface area contributed by atoms with Gasteiger partial charge in [-0.1, -0.05) is 18.2 Å². The monoisotopic (exact) mass is 336 g/mol. The maximum absolute atomic E-state index is 10.9. The number of para-hydroxylation sites is 1. The van der Waals surface area contributed by atoms with Gasteiger partial charge in [-0.3, -0.25) is 4.79 Å². The first-order chi connectivity index (χ1) is 10.6. The first-order valence-electron chi connectivity index (χ1n) is 7.15. The minimum atomic E-state index is -0.853. The third kappa shape index (κ3) is 7.04. The highest BCUT2D eigenvalue weighted by atomic mass is 35.5. The van der Waals surface area contributed by atoms with Crippen LogP contribution in [-0.4, -0.2) is 23.8 Å². The zero-order valence-electron chi connectivity index (χ0n) is 12.9. The van der Waals surface area contributed by atoms with Crippen LogP contribution in [0.1, 0.15) is 13.3 Å². The number of halogens is 1. The van der Waals surface area contributed by atoms with Crippen molar-refractivity contribution in [2.75, 3.05) is 17.2 Å². The van der Waals surface area contributed by atoms with E-state index in [1.807, 2.05) is 42.5 Å². The third-order valence-electron chi connectivity index (χ3n) is 2.94. The maximum atomic E-state index is 10.9. The molecule has 0 aromatic heterocycles. The summed E-state index contributed by atoms with van der Waals surface area (Å²) in [5.74, 6) is 0.552. The van der Waals surface area contributed by atoms with Crippen molar-refractivity contribution in [3.63, 3.8) is 0 Å². The molecule has 23 heavy (non-hydrogen) atoms. The van der Waals surface area contributed by atoms with Crippen molar-refractivity contribution < 1.29 is 14.6 Å². The summed E-state index contributed by atoms with van der Waals surface area (Å²) < 4.78 is 5.38. The van der Waals surface area contributed by atoms with Gasteiger partial charge >= 0.3 is 0 Å². The highest BCUT2D eigenvalue weighted by Crippen LogP contribution is 2.14. The number of anilines is 2. The zero-order chi connectivity index (χ0) is 15.8. The fourth-order valence-corrected chi connectivity index (χ4v) is 1.93. The summed E-state index contributed by atoms with van der Waals surface area (Å²) in [5, 5.41) is 15.7. The summed E-state index contributed by atoms with van der Waals surface area (Å²) in [6, 6.07) is 16.6. The Morgan fingerprint density at radius 2 is 1.70 bits per heavy atom. The van der Waals surface area contributed by atoms with E-state index in [-0.39, 0.29) is 18.3 Å². The fourth-order valence-electron chi connectivity index (χ4n) is 1.93. The van der Waals surface area contributed by atoms with Gasteiger partial charge in [0.25, 0.3) is 0 Å². The number of hydrogen-bond donors (Lipinski definition) is 3. The standard InChI is InChI=1S/C17H20N2O3.ClH/c1-13(20)19-15-9-7-14(8-10-15)18-12-11-17(21)22-16-5-3-2-4-6-16;/h2-10,17-18,21H,11-12H2,1H3,(H,19,20);1H. The predicted molar refractivity (Wildman–Crippen MR) is 94.2 cm³/mol. The minimum Gasteiger partial charge on any atom is -0.465 e. The first-order valence-corrected chi connectivity index (χ1v) is 7.15. The third-order valence-corrected chi connectivity index (χ3v) is 2.94. The molecule has 0 spiro atoms. The molecular formula is C17H21ClN2O3. The fraction of sp³-hybridized carbons (Fsp3) is 0.235. The number of benzene rings is 2. The Morgan fingerprint density at radius 3 is 2.30 bits per heavy atom. The lowest BCUT2D eigenvalue weighted by Gasteiger charge is -2.14. The molecule has 2 aromatic carbocycles. The molecule has 0 aliphatic heterocycles. The molecular weight excluding hydrogens is 316 g/mol. The molecule has 0 aliphatic rings. The van der Waals surface area contributed by atoms with Crippen molar-refractivity contribution >= 4 is 29.7 Å². The summed E-state index contributed by atoms with van der Waals surface area (Å²) >= 11 is 0. The summed E-state index contributed by atoms with van der Waals surface area (Å²) in [6.07, 6.45) is -0.393. The second-order valence-corrected chi connectivity index (χ2v) is 4.86. The van der Waals surface area contributed by atoms with E-state index in [0.717, 1.165) is 11.4 Å². The highest BCUT2D eigenvalue weighted by molar-refractivity contribution is 5.88. The van der Waals surface area contributed by atoms with Gasteiger partial charge in [0.05, 0.1) is 0 Å². The van der Waals surface area contributed by atoms with Crippen molar-refractivity contribution in [2.45, 2.75) is 19.6 Å². The van der Waals surface area contributed by atoms with Crippen LogP contribution in [0.4, 0.5) is 11.4 Å². The van der Waals surface area contributed by atoms with Gasteiger partial charge in [0.2, 0.25) is 5.91 Å². The number of nitrogens with one attached hydrogen (secondary N) is 2. The Bertz CT molecular complexity index is 591. The van der Waals surface area contributed by atoms with Gasteiger partial charge in [-0.2, -0.15) is 0 Å². The lowest BCUT2D eigenvalue weighted by Crippen LogP contribution is -2.19. The molecule has 0 radical (unpaired) electrons. The van der Waals surface area contributed by atoms with Gasteiger partial charge in [0, 0.05) is 31.3 Å². The zero-order valence-corrected chi connectivity index (χ0v) is 13.7. The van der Waals surface area contributed by atoms with Crippen LogP contribution < -0.4 is 15.4 Å². The van der Waals surface area contributed by atoms with E-state index in [1.165, 1.54) is 6.92 Å². The molecule has 2 aromatic rings. The quantitative estimate of drug-likeness (QED) is 0.679. The van der Waals surface area contributed by atoms with Gasteiger partial charge in [-0.25, -0.2) is 0 Å². The SMILES string of the molecule is CC(=O)Nc1ccc(NCCC(O)Oc2ccccc2)cc1.Cl. The number of amides is 1. The Balaban J connectivity index is 0.00000264. The number of hydrogen-bond acceptors (Lipinski definition) is 4. The van der Waals surface area contributed by atoms with Crippen molar-refractivity contribution in [3.05, 3.63) is 54.6 Å². The molecule has 0 saturated carbocycles. The first kappa shape index (κ1) is 18.8. The molecule has 1 unspecified atom stereocenters. The van der Waals surface area contributed by atoms with E-state index < -0.39 is 6.29 Å². The molecule has 2 rings (SSSR count). The van der Waals surface area contributed by atoms with E-state index in [1.54, 1.807) is 12.1 Å². The lowest BCUT2D eigenvalue weighted by molar-refractivity contribution is -0.114. The molecule has 124 valence electrons. The van der Waals surface area contributed by atoms with Crippen LogP contribution in [0.25, 0.3) is 0 Å². The number of rotatable bonds is 7. The molecule has 0 bridgehead atoms. The Kier molecular flexibility index (Phi) is 7.94. The second-order valence-electron chi connectivity index (χ2n) is 4.86. The normalized spacial score (nSPS) is 11.0. The summed E-state index contributed by atoms with van der Waals surface area (Å²) in [6.45, 7) is 2.05. The highest BCUT2D eigenvalue weighted by Gasteiger charge is 2.05. The van der Waals surface area contributed by atoms with Crippen LogP contribution in [0.15, 0.2) is 54.6 Å². The van der Waals surface area contributed by atoms with Crippen molar-refractivity contribution in [1.82, 2.24) is 0 Å². The molecule has 0 aliphatic carbocycles. The van der Waals surface area contributed by atoms with E-state index in [9.17, 15) is 9.90 Å². The Morgan fingerprint density at radius 1 is 1.09 bits per heavy atom. The average molecular weight is 337 g/mol. The maximum Gasteiger partial charge on any atom is 0.221 e. The summed E-state index contributed by atoms with van der Waals surface area (Å²) in [5.41, 5.74) is 1.67. The van der Waals surface area contributed by atoms with Crippen molar-refractivity contribution in [3.8, 4) is 5.75 Å². The van der Waals surface area contributed by atoms with Crippen LogP contribution in [-0.2, 0) is 4.79 Å². The van der Waals surface area contributed by atoms with Gasteiger partial charge < -0.3 is 20.5 Å². The number of ether oxygens (including phenoxy) is 1. The number of aliphatic hydroxyl groups is 1. The van der Waals surface area contributed by atoms with Gasteiger partial charge in [0.1, 0.15) is 5.75 Å². The molecule has 5 nitrogen and oxygen atoms in total. The smallest absolute Gasteiger partial charge is 0.221 e. The molecule has 6 heteroatoms. The van der Waals surface area contributed by atoms with Crippen LogP contribution >= 0.6 is 12.4 Å². The van der Waals surface area contributed by atoms with E-state index in [4.69, 9.17) is 4.74 Å². The molecule has 0 saturated heterocycles. The largest absolute Gasteiger partial charge is 0.465 e. The van der Waals surface area contributed by atoms with E-state index >= 15 is 0 Å². The van der Waals surface area contributed by atoms with Gasteiger partial charge in [-0.15, -0.1) is 12.4 Å². The topological polar surface area (TPSA) is 70.6 Å². The lowest BCUT2D eigenvalue weighted by atomic mass is 10.2. The molecule has 1 amide bonds.